The van der Waals surface area contributed by atoms with Crippen molar-refractivity contribution in [2.24, 2.45) is 0 Å². The maximum absolute atomic E-state index is 13.7. The van der Waals surface area contributed by atoms with E-state index in [1.54, 1.807) is 13.0 Å². The number of carbonyl (C=O) groups is 1. The van der Waals surface area contributed by atoms with Crippen LogP contribution in [0.2, 0.25) is 0 Å². The van der Waals surface area contributed by atoms with Crippen LogP contribution in [-0.4, -0.2) is 15.3 Å². The minimum atomic E-state index is -0.524. The number of ether oxygens (including phenoxy) is 1. The van der Waals surface area contributed by atoms with Crippen molar-refractivity contribution in [3.8, 4) is 5.75 Å². The highest BCUT2D eigenvalue weighted by atomic mass is 79.9. The Kier molecular flexibility index (Phi) is 4.66. The molecule has 1 heterocycles. The number of anilines is 1. The van der Waals surface area contributed by atoms with Crippen molar-refractivity contribution >= 4 is 38.5 Å². The van der Waals surface area contributed by atoms with Crippen LogP contribution in [-0.2, 0) is 4.79 Å². The van der Waals surface area contributed by atoms with Crippen LogP contribution >= 0.6 is 27.5 Å². The van der Waals surface area contributed by atoms with E-state index in [0.29, 0.717) is 15.4 Å². The fraction of sp³-hybridized carbons (Fsp3) is 0.250. The zero-order valence-corrected chi connectivity index (χ0v) is 13.1. The van der Waals surface area contributed by atoms with Crippen LogP contribution in [0.1, 0.15) is 25.8 Å². The van der Waals surface area contributed by atoms with E-state index in [0.717, 1.165) is 11.5 Å². The molecule has 2 rings (SSSR count). The number of carbonyl (C=O) groups excluding carboxylic acids is 1. The Balaban J connectivity index is 2.09. The van der Waals surface area contributed by atoms with Gasteiger partial charge in [-0.25, -0.2) is 4.39 Å². The van der Waals surface area contributed by atoms with Gasteiger partial charge < -0.3 is 10.1 Å². The van der Waals surface area contributed by atoms with Crippen LogP contribution in [0.5, 0.6) is 5.75 Å². The maximum atomic E-state index is 13.7. The third-order valence-corrected chi connectivity index (χ3v) is 3.42. The van der Waals surface area contributed by atoms with Crippen LogP contribution in [0.3, 0.4) is 0 Å². The van der Waals surface area contributed by atoms with Crippen LogP contribution < -0.4 is 10.1 Å². The topological polar surface area (TPSA) is 64.1 Å². The molecule has 0 spiro atoms. The molecule has 1 aromatic carbocycles. The van der Waals surface area contributed by atoms with E-state index in [1.807, 2.05) is 0 Å². The number of nitrogens with zero attached hydrogens (tertiary/aromatic N) is 2. The molecule has 0 bridgehead atoms. The molecule has 1 N–H and O–H groups in total. The summed E-state index contributed by atoms with van der Waals surface area (Å²) in [6.07, 6.45) is -0.524. The number of nitrogens with one attached hydrogen (secondary N) is 1. The molecule has 0 aliphatic heterocycles. The Morgan fingerprint density at radius 2 is 2.30 bits per heavy atom. The third kappa shape index (κ3) is 3.73. The van der Waals surface area contributed by atoms with Crippen molar-refractivity contribution in [3.05, 3.63) is 34.3 Å². The summed E-state index contributed by atoms with van der Waals surface area (Å²) in [5.41, 5.74) is 0. The van der Waals surface area contributed by atoms with Gasteiger partial charge >= 0.3 is 0 Å². The zero-order valence-electron chi connectivity index (χ0n) is 10.7. The summed E-state index contributed by atoms with van der Waals surface area (Å²) in [7, 11) is 0. The van der Waals surface area contributed by atoms with Gasteiger partial charge in [0.1, 0.15) is 0 Å². The molecule has 1 atom stereocenters. The summed E-state index contributed by atoms with van der Waals surface area (Å²) in [4.78, 5) is 15.0. The average molecular weight is 360 g/mol. The summed E-state index contributed by atoms with van der Waals surface area (Å²) >= 11 is 4.22. The van der Waals surface area contributed by atoms with Gasteiger partial charge in [-0.2, -0.15) is 9.36 Å². The van der Waals surface area contributed by atoms with Gasteiger partial charge in [0, 0.05) is 22.9 Å². The lowest BCUT2D eigenvalue weighted by Gasteiger charge is -2.12. The lowest BCUT2D eigenvalue weighted by atomic mass is 10.3. The Labute approximate surface area is 127 Å². The number of halogens is 2. The van der Waals surface area contributed by atoms with E-state index in [9.17, 15) is 9.18 Å². The number of amides is 1. The van der Waals surface area contributed by atoms with Crippen LogP contribution in [0.15, 0.2) is 22.7 Å². The van der Waals surface area contributed by atoms with Gasteiger partial charge in [-0.05, 0) is 25.1 Å². The molecule has 2 aromatic rings. The average Bonchev–Trinajstić information content (AvgIpc) is 2.80. The molecule has 1 aromatic heterocycles. The van der Waals surface area contributed by atoms with Crippen molar-refractivity contribution in [1.82, 2.24) is 9.36 Å². The molecule has 0 fully saturated rings. The lowest BCUT2D eigenvalue weighted by molar-refractivity contribution is -0.114. The summed E-state index contributed by atoms with van der Waals surface area (Å²) in [6.45, 7) is 3.10. The maximum Gasteiger partial charge on any atom is 0.223 e. The molecule has 20 heavy (non-hydrogen) atoms. The Hall–Kier alpha value is -1.54. The predicted octanol–water partition coefficient (Wildman–Crippen LogP) is 3.54. The second-order valence-electron chi connectivity index (χ2n) is 3.97. The van der Waals surface area contributed by atoms with Crippen molar-refractivity contribution in [1.29, 1.82) is 0 Å². The first-order chi connectivity index (χ1) is 9.45. The number of hydrogen-bond donors (Lipinski definition) is 1. The first-order valence-electron chi connectivity index (χ1n) is 5.68. The Morgan fingerprint density at radius 3 is 2.95 bits per heavy atom. The largest absolute Gasteiger partial charge is 0.480 e. The Morgan fingerprint density at radius 1 is 1.55 bits per heavy atom. The number of rotatable bonds is 4. The zero-order chi connectivity index (χ0) is 14.7. The highest BCUT2D eigenvalue weighted by Gasteiger charge is 2.16. The number of aromatic nitrogens is 2. The molecule has 106 valence electrons. The summed E-state index contributed by atoms with van der Waals surface area (Å²) < 4.78 is 23.8. The fourth-order valence-electron chi connectivity index (χ4n) is 1.42. The molecule has 0 radical (unpaired) electrons. The number of hydrogen-bond acceptors (Lipinski definition) is 5. The second kappa shape index (κ2) is 6.27. The van der Waals surface area contributed by atoms with Gasteiger partial charge in [0.15, 0.2) is 23.5 Å². The van der Waals surface area contributed by atoms with Crippen molar-refractivity contribution in [2.45, 2.75) is 20.0 Å². The lowest BCUT2D eigenvalue weighted by Crippen LogP contribution is -2.08. The molecule has 0 saturated heterocycles. The van der Waals surface area contributed by atoms with E-state index < -0.39 is 11.9 Å². The normalized spacial score (nSPS) is 12.0. The third-order valence-electron chi connectivity index (χ3n) is 2.29. The highest BCUT2D eigenvalue weighted by molar-refractivity contribution is 9.10. The van der Waals surface area contributed by atoms with E-state index in [-0.39, 0.29) is 11.7 Å². The fourth-order valence-corrected chi connectivity index (χ4v) is 2.44. The van der Waals surface area contributed by atoms with Gasteiger partial charge in [-0.3, -0.25) is 4.79 Å². The van der Waals surface area contributed by atoms with Crippen molar-refractivity contribution < 1.29 is 13.9 Å². The van der Waals surface area contributed by atoms with Gasteiger partial charge in [-0.15, -0.1) is 0 Å². The first-order valence-corrected chi connectivity index (χ1v) is 7.25. The van der Waals surface area contributed by atoms with Gasteiger partial charge in [-0.1, -0.05) is 15.9 Å². The Bertz CT molecular complexity index is 635. The molecule has 0 aliphatic carbocycles. The quantitative estimate of drug-likeness (QED) is 0.906. The molecular weight excluding hydrogens is 349 g/mol. The molecular formula is C12H11BrFN3O2S. The smallest absolute Gasteiger partial charge is 0.223 e. The first kappa shape index (κ1) is 14.9. The van der Waals surface area contributed by atoms with Crippen molar-refractivity contribution in [2.75, 3.05) is 5.32 Å². The standard InChI is InChI=1S/C12H11BrFN3O2S/c1-6(11-16-12(20-17-11)15-7(2)18)19-10-4-3-8(13)5-9(10)14/h3-6H,1-2H3,(H,15,16,17,18)/t6-/m0/s1. The van der Waals surface area contributed by atoms with Crippen LogP contribution in [0.4, 0.5) is 9.52 Å². The SMILES string of the molecule is CC(=O)Nc1nc([C@H](C)Oc2ccc(Br)cc2F)ns1. The molecule has 8 heteroatoms. The summed E-state index contributed by atoms with van der Waals surface area (Å²) in [6, 6.07) is 4.53. The molecule has 0 aliphatic rings. The monoisotopic (exact) mass is 359 g/mol. The van der Waals surface area contributed by atoms with Crippen LogP contribution in [0, 0.1) is 5.82 Å². The van der Waals surface area contributed by atoms with Gasteiger partial charge in [0.25, 0.3) is 0 Å². The van der Waals surface area contributed by atoms with Crippen molar-refractivity contribution in [3.63, 3.8) is 0 Å². The summed E-state index contributed by atoms with van der Waals surface area (Å²) in [5, 5.41) is 2.92. The molecule has 5 nitrogen and oxygen atoms in total. The van der Waals surface area contributed by atoms with Gasteiger partial charge in [0.05, 0.1) is 0 Å². The van der Waals surface area contributed by atoms with Gasteiger partial charge in [0.2, 0.25) is 11.0 Å². The van der Waals surface area contributed by atoms with E-state index in [4.69, 9.17) is 4.74 Å². The summed E-state index contributed by atoms with van der Waals surface area (Å²) in [5.74, 6) is -0.179. The van der Waals surface area contributed by atoms with E-state index in [1.165, 1.54) is 19.1 Å². The molecule has 0 unspecified atom stereocenters. The molecule has 0 saturated carbocycles. The minimum Gasteiger partial charge on any atom is -0.480 e. The minimum absolute atomic E-state index is 0.122. The van der Waals surface area contributed by atoms with E-state index >= 15 is 0 Å². The van der Waals surface area contributed by atoms with Crippen LogP contribution in [0.25, 0.3) is 0 Å². The highest BCUT2D eigenvalue weighted by Crippen LogP contribution is 2.26. The predicted molar refractivity (Wildman–Crippen MR) is 77.4 cm³/mol. The number of benzene rings is 1. The second-order valence-corrected chi connectivity index (χ2v) is 5.64. The molecule has 1 amide bonds. The van der Waals surface area contributed by atoms with E-state index in [2.05, 4.69) is 30.6 Å².